The highest BCUT2D eigenvalue weighted by molar-refractivity contribution is 6.62. The van der Waals surface area contributed by atoms with Gasteiger partial charge < -0.3 is 19.2 Å². The molecule has 20 heavy (non-hydrogen) atoms. The minimum Gasteiger partial charge on any atom is -0.508 e. The molecular formula is C15H21BO4. The van der Waals surface area contributed by atoms with Gasteiger partial charge >= 0.3 is 7.12 Å². The standard InChI is InChI=1S/C15H21BO4/c1-14(2)15(3,4)20-16(19-14)13-7-11(17)5-6-12(13)10-8-18-9-10/h5-7,10,17H,8-9H2,1-4H3. The summed E-state index contributed by atoms with van der Waals surface area (Å²) in [7, 11) is -0.442. The number of ether oxygens (including phenoxy) is 1. The molecule has 2 aliphatic heterocycles. The van der Waals surface area contributed by atoms with Gasteiger partial charge in [0.25, 0.3) is 0 Å². The van der Waals surface area contributed by atoms with E-state index < -0.39 is 7.12 Å². The van der Waals surface area contributed by atoms with Crippen LogP contribution in [0.3, 0.4) is 0 Å². The van der Waals surface area contributed by atoms with Crippen molar-refractivity contribution in [2.45, 2.75) is 44.8 Å². The fraction of sp³-hybridized carbons (Fsp3) is 0.600. The molecule has 3 rings (SSSR count). The summed E-state index contributed by atoms with van der Waals surface area (Å²) in [4.78, 5) is 0. The second kappa shape index (κ2) is 4.48. The molecule has 0 aromatic heterocycles. The van der Waals surface area contributed by atoms with E-state index in [1.807, 2.05) is 33.8 Å². The molecule has 2 heterocycles. The second-order valence-electron chi connectivity index (χ2n) is 6.64. The molecule has 4 nitrogen and oxygen atoms in total. The number of benzene rings is 1. The van der Waals surface area contributed by atoms with Crippen molar-refractivity contribution in [2.75, 3.05) is 13.2 Å². The van der Waals surface area contributed by atoms with E-state index in [0.29, 0.717) is 5.92 Å². The maximum Gasteiger partial charge on any atom is 0.495 e. The molecule has 0 unspecified atom stereocenters. The topological polar surface area (TPSA) is 47.9 Å². The van der Waals surface area contributed by atoms with Crippen LogP contribution in [0.1, 0.15) is 39.2 Å². The van der Waals surface area contributed by atoms with Crippen LogP contribution in [0.5, 0.6) is 5.75 Å². The second-order valence-corrected chi connectivity index (χ2v) is 6.64. The minimum absolute atomic E-state index is 0.235. The van der Waals surface area contributed by atoms with Gasteiger partial charge in [-0.25, -0.2) is 0 Å². The Morgan fingerprint density at radius 1 is 1.10 bits per heavy atom. The van der Waals surface area contributed by atoms with Gasteiger partial charge in [0.15, 0.2) is 0 Å². The summed E-state index contributed by atoms with van der Waals surface area (Å²) in [5.74, 6) is 0.600. The third kappa shape index (κ3) is 2.14. The van der Waals surface area contributed by atoms with Crippen LogP contribution < -0.4 is 5.46 Å². The first-order valence-corrected chi connectivity index (χ1v) is 7.06. The number of aromatic hydroxyl groups is 1. The van der Waals surface area contributed by atoms with Gasteiger partial charge in [-0.2, -0.15) is 0 Å². The summed E-state index contributed by atoms with van der Waals surface area (Å²) in [5.41, 5.74) is 1.30. The number of rotatable bonds is 2. The van der Waals surface area contributed by atoms with Gasteiger partial charge in [0.05, 0.1) is 24.4 Å². The minimum atomic E-state index is -0.442. The first-order valence-electron chi connectivity index (χ1n) is 7.06. The molecule has 0 saturated carbocycles. The lowest BCUT2D eigenvalue weighted by atomic mass is 9.72. The molecule has 0 amide bonds. The fourth-order valence-electron chi connectivity index (χ4n) is 2.52. The van der Waals surface area contributed by atoms with Crippen molar-refractivity contribution >= 4 is 12.6 Å². The quantitative estimate of drug-likeness (QED) is 0.837. The number of hydrogen-bond donors (Lipinski definition) is 1. The molecule has 1 N–H and O–H groups in total. The Labute approximate surface area is 120 Å². The molecule has 108 valence electrons. The van der Waals surface area contributed by atoms with Gasteiger partial charge in [0, 0.05) is 5.92 Å². The highest BCUT2D eigenvalue weighted by Gasteiger charge is 2.52. The fourth-order valence-corrected chi connectivity index (χ4v) is 2.52. The molecule has 0 bridgehead atoms. The SMILES string of the molecule is CC1(C)OB(c2cc(O)ccc2C2COC2)OC1(C)C. The van der Waals surface area contributed by atoms with E-state index in [4.69, 9.17) is 14.0 Å². The molecule has 2 fully saturated rings. The van der Waals surface area contributed by atoms with Crippen molar-refractivity contribution < 1.29 is 19.2 Å². The normalized spacial score (nSPS) is 24.7. The van der Waals surface area contributed by atoms with Crippen LogP contribution in [0.25, 0.3) is 0 Å². The Kier molecular flexibility index (Phi) is 3.12. The summed E-state index contributed by atoms with van der Waals surface area (Å²) < 4.78 is 17.5. The van der Waals surface area contributed by atoms with Gasteiger partial charge in [-0.1, -0.05) is 6.07 Å². The first kappa shape index (κ1) is 13.9. The van der Waals surface area contributed by atoms with E-state index in [2.05, 4.69) is 0 Å². The average Bonchev–Trinajstić information content (AvgIpc) is 2.48. The number of phenols is 1. The van der Waals surface area contributed by atoms with Gasteiger partial charge in [0.2, 0.25) is 0 Å². The molecule has 1 aromatic carbocycles. The van der Waals surface area contributed by atoms with Crippen molar-refractivity contribution in [3.63, 3.8) is 0 Å². The Balaban J connectivity index is 1.96. The van der Waals surface area contributed by atoms with E-state index in [0.717, 1.165) is 24.2 Å². The summed E-state index contributed by atoms with van der Waals surface area (Å²) in [5, 5.41) is 9.79. The molecule has 0 spiro atoms. The monoisotopic (exact) mass is 276 g/mol. The van der Waals surface area contributed by atoms with Crippen molar-refractivity contribution in [3.05, 3.63) is 23.8 Å². The molecule has 1 aromatic rings. The van der Waals surface area contributed by atoms with Gasteiger partial charge in [0.1, 0.15) is 5.75 Å². The van der Waals surface area contributed by atoms with E-state index in [1.165, 1.54) is 0 Å². The molecule has 0 atom stereocenters. The molecule has 2 aliphatic rings. The molecule has 5 heteroatoms. The van der Waals surface area contributed by atoms with Crippen molar-refractivity contribution in [1.82, 2.24) is 0 Å². The first-order chi connectivity index (χ1) is 9.30. The molecule has 0 radical (unpaired) electrons. The van der Waals surface area contributed by atoms with Crippen LogP contribution in [-0.2, 0) is 14.0 Å². The van der Waals surface area contributed by atoms with E-state index in [-0.39, 0.29) is 17.0 Å². The van der Waals surface area contributed by atoms with E-state index >= 15 is 0 Å². The largest absolute Gasteiger partial charge is 0.508 e. The summed E-state index contributed by atoms with van der Waals surface area (Å²) in [6.07, 6.45) is 0. The predicted molar refractivity (Wildman–Crippen MR) is 77.4 cm³/mol. The summed E-state index contributed by atoms with van der Waals surface area (Å²) in [6.45, 7) is 9.56. The molecule has 2 saturated heterocycles. The lowest BCUT2D eigenvalue weighted by Gasteiger charge is -2.32. The lowest BCUT2D eigenvalue weighted by Crippen LogP contribution is -2.41. The predicted octanol–water partition coefficient (Wildman–Crippen LogP) is 1.81. The van der Waals surface area contributed by atoms with Gasteiger partial charge in [-0.05, 0) is 50.9 Å². The Hall–Kier alpha value is -1.04. The highest BCUT2D eigenvalue weighted by Crippen LogP contribution is 2.37. The van der Waals surface area contributed by atoms with Crippen LogP contribution in [-0.4, -0.2) is 36.6 Å². The van der Waals surface area contributed by atoms with Crippen molar-refractivity contribution in [3.8, 4) is 5.75 Å². The zero-order valence-electron chi connectivity index (χ0n) is 12.5. The maximum atomic E-state index is 9.79. The number of phenolic OH excluding ortho intramolecular Hbond substituents is 1. The van der Waals surface area contributed by atoms with Gasteiger partial charge in [-0.3, -0.25) is 0 Å². The average molecular weight is 276 g/mol. The van der Waals surface area contributed by atoms with Gasteiger partial charge in [-0.15, -0.1) is 0 Å². The van der Waals surface area contributed by atoms with Crippen LogP contribution in [0.4, 0.5) is 0 Å². The van der Waals surface area contributed by atoms with Crippen LogP contribution in [0.15, 0.2) is 18.2 Å². The summed E-state index contributed by atoms with van der Waals surface area (Å²) >= 11 is 0. The van der Waals surface area contributed by atoms with Crippen LogP contribution in [0, 0.1) is 0 Å². The van der Waals surface area contributed by atoms with Crippen molar-refractivity contribution in [2.24, 2.45) is 0 Å². The van der Waals surface area contributed by atoms with Crippen LogP contribution in [0.2, 0.25) is 0 Å². The Morgan fingerprint density at radius 2 is 1.70 bits per heavy atom. The smallest absolute Gasteiger partial charge is 0.495 e. The zero-order valence-corrected chi connectivity index (χ0v) is 12.5. The highest BCUT2D eigenvalue weighted by atomic mass is 16.7. The van der Waals surface area contributed by atoms with E-state index in [1.54, 1.807) is 12.1 Å². The summed E-state index contributed by atoms with van der Waals surface area (Å²) in [6, 6.07) is 5.40. The molecular weight excluding hydrogens is 255 g/mol. The maximum absolute atomic E-state index is 9.79. The zero-order chi connectivity index (χ0) is 14.5. The van der Waals surface area contributed by atoms with Crippen LogP contribution >= 0.6 is 0 Å². The number of hydrogen-bond acceptors (Lipinski definition) is 4. The lowest BCUT2D eigenvalue weighted by molar-refractivity contribution is 0.00578. The van der Waals surface area contributed by atoms with Crippen molar-refractivity contribution in [1.29, 1.82) is 0 Å². The third-order valence-electron chi connectivity index (χ3n) is 4.66. The molecule has 0 aliphatic carbocycles. The Morgan fingerprint density at radius 3 is 2.20 bits per heavy atom. The van der Waals surface area contributed by atoms with E-state index in [9.17, 15) is 5.11 Å². The third-order valence-corrected chi connectivity index (χ3v) is 4.66. The Bertz CT molecular complexity index is 507.